The predicted octanol–water partition coefficient (Wildman–Crippen LogP) is 1.62. The minimum Gasteiger partial charge on any atom is -0.477 e. The number of hydrogen-bond acceptors (Lipinski definition) is 7. The van der Waals surface area contributed by atoms with Crippen LogP contribution in [-0.2, 0) is 4.74 Å². The number of nitrogens with zero attached hydrogens (tertiary/aromatic N) is 4. The molecule has 0 bridgehead atoms. The molecule has 0 spiro atoms. The average molecular weight is 343 g/mol. The number of carboxylic acid groups (broad SMARTS) is 1. The zero-order valence-corrected chi connectivity index (χ0v) is 14.1. The first-order chi connectivity index (χ1) is 12.1. The molecule has 8 nitrogen and oxygen atoms in total. The van der Waals surface area contributed by atoms with E-state index in [0.29, 0.717) is 25.6 Å². The van der Waals surface area contributed by atoms with Gasteiger partial charge in [0.15, 0.2) is 0 Å². The first-order valence-corrected chi connectivity index (χ1v) is 8.17. The molecule has 1 unspecified atom stereocenters. The van der Waals surface area contributed by atoms with Crippen LogP contribution in [0.25, 0.3) is 0 Å². The molecule has 1 aliphatic rings. The summed E-state index contributed by atoms with van der Waals surface area (Å²) in [7, 11) is 1.91. The quantitative estimate of drug-likeness (QED) is 0.782. The highest BCUT2D eigenvalue weighted by atomic mass is 16.5. The second-order valence-corrected chi connectivity index (χ2v) is 5.94. The van der Waals surface area contributed by atoms with Crippen LogP contribution in [0.3, 0.4) is 0 Å². The molecule has 0 radical (unpaired) electrons. The lowest BCUT2D eigenvalue weighted by Gasteiger charge is -2.20. The maximum absolute atomic E-state index is 11.0. The molecule has 2 N–H and O–H groups in total. The SMILES string of the molecule is CN(CCNc1cc(C2CCOC2)ncn1)c1ccnc(C(=O)O)c1. The summed E-state index contributed by atoms with van der Waals surface area (Å²) in [5.41, 5.74) is 1.85. The number of nitrogens with one attached hydrogen (secondary N) is 1. The fourth-order valence-corrected chi connectivity index (χ4v) is 2.71. The van der Waals surface area contributed by atoms with Gasteiger partial charge in [-0.05, 0) is 18.6 Å². The van der Waals surface area contributed by atoms with E-state index in [1.807, 2.05) is 18.0 Å². The van der Waals surface area contributed by atoms with Crippen LogP contribution in [0.2, 0.25) is 0 Å². The molecular weight excluding hydrogens is 322 g/mol. The minimum absolute atomic E-state index is 0.0385. The smallest absolute Gasteiger partial charge is 0.354 e. The van der Waals surface area contributed by atoms with Crippen LogP contribution in [0.4, 0.5) is 11.5 Å². The van der Waals surface area contributed by atoms with Crippen LogP contribution in [0.1, 0.15) is 28.5 Å². The van der Waals surface area contributed by atoms with Crippen molar-refractivity contribution in [2.45, 2.75) is 12.3 Å². The third-order valence-corrected chi connectivity index (χ3v) is 4.19. The van der Waals surface area contributed by atoms with Crippen LogP contribution in [0, 0.1) is 0 Å². The highest BCUT2D eigenvalue weighted by molar-refractivity contribution is 5.86. The molecule has 3 rings (SSSR count). The number of hydrogen-bond donors (Lipinski definition) is 2. The van der Waals surface area contributed by atoms with E-state index in [1.54, 1.807) is 18.5 Å². The number of ether oxygens (including phenoxy) is 1. The van der Waals surface area contributed by atoms with Crippen LogP contribution in [0.5, 0.6) is 0 Å². The van der Waals surface area contributed by atoms with Crippen molar-refractivity contribution in [1.29, 1.82) is 0 Å². The van der Waals surface area contributed by atoms with Crippen molar-refractivity contribution in [2.24, 2.45) is 0 Å². The van der Waals surface area contributed by atoms with E-state index >= 15 is 0 Å². The van der Waals surface area contributed by atoms with E-state index in [2.05, 4.69) is 20.3 Å². The number of aromatic nitrogens is 3. The van der Waals surface area contributed by atoms with Gasteiger partial charge in [0.25, 0.3) is 0 Å². The summed E-state index contributed by atoms with van der Waals surface area (Å²) in [6.07, 6.45) is 4.07. The van der Waals surface area contributed by atoms with E-state index in [0.717, 1.165) is 30.2 Å². The fraction of sp³-hybridized carbons (Fsp3) is 0.412. The Balaban J connectivity index is 1.54. The maximum atomic E-state index is 11.0. The van der Waals surface area contributed by atoms with Gasteiger partial charge in [-0.15, -0.1) is 0 Å². The summed E-state index contributed by atoms with van der Waals surface area (Å²) in [5, 5.41) is 12.3. The third kappa shape index (κ3) is 4.42. The summed E-state index contributed by atoms with van der Waals surface area (Å²) in [4.78, 5) is 25.4. The summed E-state index contributed by atoms with van der Waals surface area (Å²) >= 11 is 0. The molecule has 1 aliphatic heterocycles. The molecule has 0 saturated carbocycles. The second kappa shape index (κ2) is 7.89. The monoisotopic (exact) mass is 343 g/mol. The van der Waals surface area contributed by atoms with Crippen LogP contribution >= 0.6 is 0 Å². The second-order valence-electron chi connectivity index (χ2n) is 5.94. The van der Waals surface area contributed by atoms with Gasteiger partial charge in [-0.2, -0.15) is 0 Å². The molecule has 2 aromatic rings. The highest BCUT2D eigenvalue weighted by Gasteiger charge is 2.19. The zero-order chi connectivity index (χ0) is 17.6. The molecule has 2 aromatic heterocycles. The van der Waals surface area contributed by atoms with E-state index < -0.39 is 5.97 Å². The molecule has 1 fully saturated rings. The Morgan fingerprint density at radius 2 is 2.28 bits per heavy atom. The molecule has 1 saturated heterocycles. The van der Waals surface area contributed by atoms with Gasteiger partial charge < -0.3 is 20.1 Å². The number of likely N-dealkylation sites (N-methyl/N-ethyl adjacent to an activating group) is 1. The summed E-state index contributed by atoms with van der Waals surface area (Å²) in [6, 6.07) is 5.31. The number of rotatable bonds is 7. The predicted molar refractivity (Wildman–Crippen MR) is 93.2 cm³/mol. The number of pyridine rings is 1. The Labute approximate surface area is 145 Å². The lowest BCUT2D eigenvalue weighted by Crippen LogP contribution is -2.25. The first kappa shape index (κ1) is 17.1. The Morgan fingerprint density at radius 1 is 1.40 bits per heavy atom. The van der Waals surface area contributed by atoms with Crippen molar-refractivity contribution in [3.63, 3.8) is 0 Å². The van der Waals surface area contributed by atoms with Crippen molar-refractivity contribution < 1.29 is 14.6 Å². The molecule has 0 aliphatic carbocycles. The number of carbonyl (C=O) groups is 1. The van der Waals surface area contributed by atoms with E-state index in [1.165, 1.54) is 6.20 Å². The third-order valence-electron chi connectivity index (χ3n) is 4.19. The van der Waals surface area contributed by atoms with Crippen LogP contribution in [0.15, 0.2) is 30.7 Å². The van der Waals surface area contributed by atoms with Crippen molar-refractivity contribution >= 4 is 17.5 Å². The number of anilines is 2. The average Bonchev–Trinajstić information content (AvgIpc) is 3.17. The first-order valence-electron chi connectivity index (χ1n) is 8.17. The van der Waals surface area contributed by atoms with Crippen molar-refractivity contribution in [3.8, 4) is 0 Å². The number of carboxylic acids is 1. The summed E-state index contributed by atoms with van der Waals surface area (Å²) in [6.45, 7) is 2.85. The van der Waals surface area contributed by atoms with E-state index in [4.69, 9.17) is 9.84 Å². The van der Waals surface area contributed by atoms with Crippen LogP contribution in [-0.4, -0.2) is 59.4 Å². The lowest BCUT2D eigenvalue weighted by atomic mass is 10.1. The summed E-state index contributed by atoms with van der Waals surface area (Å²) in [5.74, 6) is 0.0986. The Hall–Kier alpha value is -2.74. The van der Waals surface area contributed by atoms with Gasteiger partial charge in [0.2, 0.25) is 0 Å². The minimum atomic E-state index is -1.03. The van der Waals surface area contributed by atoms with Gasteiger partial charge in [-0.1, -0.05) is 0 Å². The Kier molecular flexibility index (Phi) is 5.39. The molecule has 0 amide bonds. The van der Waals surface area contributed by atoms with Crippen molar-refractivity contribution in [2.75, 3.05) is 43.6 Å². The van der Waals surface area contributed by atoms with E-state index in [9.17, 15) is 4.79 Å². The molecule has 3 heterocycles. The number of aromatic carboxylic acids is 1. The zero-order valence-electron chi connectivity index (χ0n) is 14.1. The fourth-order valence-electron chi connectivity index (χ4n) is 2.71. The largest absolute Gasteiger partial charge is 0.477 e. The van der Waals surface area contributed by atoms with Gasteiger partial charge in [0.1, 0.15) is 17.8 Å². The molecule has 132 valence electrons. The van der Waals surface area contributed by atoms with Gasteiger partial charge in [0, 0.05) is 50.6 Å². The lowest BCUT2D eigenvalue weighted by molar-refractivity contribution is 0.0690. The van der Waals surface area contributed by atoms with Gasteiger partial charge in [-0.3, -0.25) is 0 Å². The molecule has 8 heteroatoms. The molecule has 0 aromatic carbocycles. The Morgan fingerprint density at radius 3 is 3.04 bits per heavy atom. The normalized spacial score (nSPS) is 16.6. The van der Waals surface area contributed by atoms with E-state index in [-0.39, 0.29) is 5.69 Å². The topological polar surface area (TPSA) is 100 Å². The van der Waals surface area contributed by atoms with Crippen molar-refractivity contribution in [3.05, 3.63) is 42.1 Å². The van der Waals surface area contributed by atoms with Gasteiger partial charge >= 0.3 is 5.97 Å². The standard InChI is InChI=1S/C17H21N5O3/c1-22(13-2-4-18-15(8-13)17(23)24)6-5-19-16-9-14(20-11-21-16)12-3-7-25-10-12/h2,4,8-9,11-12H,3,5-7,10H2,1H3,(H,23,24)(H,19,20,21). The van der Waals surface area contributed by atoms with Crippen molar-refractivity contribution in [1.82, 2.24) is 15.0 Å². The molecule has 1 atom stereocenters. The highest BCUT2D eigenvalue weighted by Crippen LogP contribution is 2.24. The van der Waals surface area contributed by atoms with Gasteiger partial charge in [0.05, 0.1) is 12.3 Å². The summed E-state index contributed by atoms with van der Waals surface area (Å²) < 4.78 is 5.41. The molecular formula is C17H21N5O3. The van der Waals surface area contributed by atoms with Crippen LogP contribution < -0.4 is 10.2 Å². The van der Waals surface area contributed by atoms with Gasteiger partial charge in [-0.25, -0.2) is 19.7 Å². The maximum Gasteiger partial charge on any atom is 0.354 e. The molecule has 25 heavy (non-hydrogen) atoms. The Bertz CT molecular complexity index is 734.